The van der Waals surface area contributed by atoms with Gasteiger partial charge in [0.05, 0.1) is 18.6 Å². The molecule has 0 saturated carbocycles. The molecule has 0 bridgehead atoms. The average molecular weight is 489 g/mol. The van der Waals surface area contributed by atoms with Gasteiger partial charge in [-0.1, -0.05) is 6.07 Å². The topological polar surface area (TPSA) is 66.9 Å². The van der Waals surface area contributed by atoms with Gasteiger partial charge in [0.15, 0.2) is 0 Å². The van der Waals surface area contributed by atoms with Crippen molar-refractivity contribution in [3.05, 3.63) is 76.7 Å². The van der Waals surface area contributed by atoms with Crippen LogP contribution in [0.25, 0.3) is 0 Å². The van der Waals surface area contributed by atoms with Crippen LogP contribution >= 0.6 is 11.3 Å². The van der Waals surface area contributed by atoms with Crippen LogP contribution in [0.15, 0.2) is 70.9 Å². The second-order valence-electron chi connectivity index (χ2n) is 7.83. The lowest BCUT2D eigenvalue weighted by molar-refractivity contribution is -0.123. The van der Waals surface area contributed by atoms with Gasteiger partial charge in [-0.3, -0.25) is 4.79 Å². The molecule has 0 atom stereocenters. The highest BCUT2D eigenvalue weighted by atomic mass is 32.2. The first kappa shape index (κ1) is 23.4. The number of benzene rings is 2. The number of hydrogen-bond donors (Lipinski definition) is 0. The van der Waals surface area contributed by atoms with Crippen molar-refractivity contribution < 1.29 is 22.3 Å². The summed E-state index contributed by atoms with van der Waals surface area (Å²) in [7, 11) is -2.12. The number of anilines is 1. The molecular weight excluding hydrogens is 463 g/mol. The molecule has 0 unspecified atom stereocenters. The second-order valence-corrected chi connectivity index (χ2v) is 10.8. The monoisotopic (exact) mass is 488 g/mol. The molecule has 0 aliphatic carbocycles. The van der Waals surface area contributed by atoms with E-state index in [1.54, 1.807) is 23.3 Å². The van der Waals surface area contributed by atoms with E-state index in [1.807, 2.05) is 41.8 Å². The van der Waals surface area contributed by atoms with Crippen LogP contribution in [0.4, 0.5) is 10.1 Å². The normalized spacial score (nSPS) is 15.3. The van der Waals surface area contributed by atoms with Crippen molar-refractivity contribution in [3.63, 3.8) is 0 Å². The third-order valence-corrected chi connectivity index (χ3v) is 8.57. The minimum absolute atomic E-state index is 0.0209. The van der Waals surface area contributed by atoms with Crippen molar-refractivity contribution in [1.29, 1.82) is 0 Å². The van der Waals surface area contributed by atoms with E-state index in [1.165, 1.54) is 16.4 Å². The molecule has 1 saturated heterocycles. The molecule has 3 aromatic rings. The van der Waals surface area contributed by atoms with Gasteiger partial charge in [0.25, 0.3) is 0 Å². The minimum Gasteiger partial charge on any atom is -0.497 e. The van der Waals surface area contributed by atoms with E-state index in [2.05, 4.69) is 0 Å². The maximum atomic E-state index is 13.5. The summed E-state index contributed by atoms with van der Waals surface area (Å²) in [4.78, 5) is 16.4. The first-order chi connectivity index (χ1) is 15.9. The summed E-state index contributed by atoms with van der Waals surface area (Å²) in [6, 6.07) is 16.1. The zero-order valence-electron chi connectivity index (χ0n) is 18.2. The number of methoxy groups -OCH3 is 1. The summed E-state index contributed by atoms with van der Waals surface area (Å²) in [5, 5.41) is 1.98. The Morgan fingerprint density at radius 3 is 2.33 bits per heavy atom. The minimum atomic E-state index is -3.72. The number of carbonyl (C=O) groups excluding carboxylic acids is 1. The quantitative estimate of drug-likeness (QED) is 0.490. The molecule has 1 aliphatic rings. The molecule has 2 aromatic carbocycles. The van der Waals surface area contributed by atoms with Crippen LogP contribution in [0.3, 0.4) is 0 Å². The number of carbonyl (C=O) groups is 1. The Hall–Kier alpha value is -2.75. The molecule has 1 aromatic heterocycles. The number of amides is 1. The van der Waals surface area contributed by atoms with E-state index in [0.717, 1.165) is 22.7 Å². The van der Waals surface area contributed by atoms with Gasteiger partial charge in [0.1, 0.15) is 11.6 Å². The standard InChI is InChI=1S/C24H25FN2O4S2/c1-31-21-8-6-20(7-9-21)27(17-22-3-2-16-32-22)24(28)18-12-14-26(15-13-18)33(29,30)23-10-4-19(25)5-11-23/h2-11,16,18H,12-15,17H2,1H3. The van der Waals surface area contributed by atoms with E-state index >= 15 is 0 Å². The Balaban J connectivity index is 1.49. The largest absolute Gasteiger partial charge is 0.497 e. The van der Waals surface area contributed by atoms with Crippen LogP contribution in [0.5, 0.6) is 5.75 Å². The summed E-state index contributed by atoms with van der Waals surface area (Å²) >= 11 is 1.59. The van der Waals surface area contributed by atoms with Gasteiger partial charge in [-0.05, 0) is 72.8 Å². The lowest BCUT2D eigenvalue weighted by Crippen LogP contribution is -2.44. The van der Waals surface area contributed by atoms with Crippen molar-refractivity contribution in [2.24, 2.45) is 5.92 Å². The highest BCUT2D eigenvalue weighted by molar-refractivity contribution is 7.89. The molecule has 1 fully saturated rings. The molecule has 0 radical (unpaired) electrons. The van der Waals surface area contributed by atoms with Crippen molar-refractivity contribution in [2.75, 3.05) is 25.1 Å². The van der Waals surface area contributed by atoms with E-state index < -0.39 is 15.8 Å². The fraction of sp³-hybridized carbons (Fsp3) is 0.292. The third-order valence-electron chi connectivity index (χ3n) is 5.80. The Morgan fingerprint density at radius 2 is 1.76 bits per heavy atom. The zero-order chi connectivity index (χ0) is 23.4. The molecule has 2 heterocycles. The smallest absolute Gasteiger partial charge is 0.243 e. The maximum absolute atomic E-state index is 13.5. The summed E-state index contributed by atoms with van der Waals surface area (Å²) in [6.45, 7) is 0.939. The number of halogens is 1. The summed E-state index contributed by atoms with van der Waals surface area (Å²) < 4.78 is 45.6. The molecule has 4 rings (SSSR count). The molecule has 9 heteroatoms. The van der Waals surface area contributed by atoms with E-state index in [0.29, 0.717) is 25.1 Å². The Bertz CT molecular complexity index is 1170. The molecule has 174 valence electrons. The summed E-state index contributed by atoms with van der Waals surface area (Å²) in [6.07, 6.45) is 0.854. The molecule has 0 spiro atoms. The zero-order valence-corrected chi connectivity index (χ0v) is 19.8. The van der Waals surface area contributed by atoms with Crippen LogP contribution < -0.4 is 9.64 Å². The first-order valence-electron chi connectivity index (χ1n) is 10.6. The van der Waals surface area contributed by atoms with Gasteiger partial charge >= 0.3 is 0 Å². The van der Waals surface area contributed by atoms with E-state index in [-0.39, 0.29) is 29.8 Å². The van der Waals surface area contributed by atoms with Gasteiger partial charge in [-0.2, -0.15) is 4.31 Å². The van der Waals surface area contributed by atoms with Crippen LogP contribution in [0.2, 0.25) is 0 Å². The van der Waals surface area contributed by atoms with E-state index in [9.17, 15) is 17.6 Å². The number of piperidine rings is 1. The number of ether oxygens (including phenoxy) is 1. The third kappa shape index (κ3) is 5.26. The predicted octanol–water partition coefficient (Wildman–Crippen LogP) is 4.53. The number of hydrogen-bond acceptors (Lipinski definition) is 5. The van der Waals surface area contributed by atoms with Crippen molar-refractivity contribution in [2.45, 2.75) is 24.3 Å². The Kier molecular flexibility index (Phi) is 7.11. The lowest BCUT2D eigenvalue weighted by atomic mass is 9.96. The molecule has 6 nitrogen and oxygen atoms in total. The molecular formula is C24H25FN2O4S2. The summed E-state index contributed by atoms with van der Waals surface area (Å²) in [5.74, 6) is -0.0803. The Morgan fingerprint density at radius 1 is 1.09 bits per heavy atom. The molecule has 1 amide bonds. The fourth-order valence-electron chi connectivity index (χ4n) is 3.94. The maximum Gasteiger partial charge on any atom is 0.243 e. The SMILES string of the molecule is COc1ccc(N(Cc2cccs2)C(=O)C2CCN(S(=O)(=O)c3ccc(F)cc3)CC2)cc1. The van der Waals surface area contributed by atoms with Crippen molar-refractivity contribution >= 4 is 33.0 Å². The number of thiophene rings is 1. The molecule has 1 aliphatic heterocycles. The van der Waals surface area contributed by atoms with Crippen LogP contribution in [-0.4, -0.2) is 38.8 Å². The highest BCUT2D eigenvalue weighted by Crippen LogP contribution is 2.29. The summed E-state index contributed by atoms with van der Waals surface area (Å²) in [5.41, 5.74) is 0.774. The van der Waals surface area contributed by atoms with Gasteiger partial charge in [0.2, 0.25) is 15.9 Å². The number of nitrogens with zero attached hydrogens (tertiary/aromatic N) is 2. The molecule has 0 N–H and O–H groups in total. The molecule has 33 heavy (non-hydrogen) atoms. The van der Waals surface area contributed by atoms with Gasteiger partial charge < -0.3 is 9.64 Å². The van der Waals surface area contributed by atoms with Gasteiger partial charge in [-0.25, -0.2) is 12.8 Å². The van der Waals surface area contributed by atoms with Crippen LogP contribution in [-0.2, 0) is 21.4 Å². The van der Waals surface area contributed by atoms with Gasteiger partial charge in [-0.15, -0.1) is 11.3 Å². The average Bonchev–Trinajstić information content (AvgIpc) is 3.36. The van der Waals surface area contributed by atoms with Gasteiger partial charge in [0, 0.05) is 29.6 Å². The Labute approximate surface area is 197 Å². The van der Waals surface area contributed by atoms with Crippen molar-refractivity contribution in [3.8, 4) is 5.75 Å². The lowest BCUT2D eigenvalue weighted by Gasteiger charge is -2.33. The predicted molar refractivity (Wildman–Crippen MR) is 126 cm³/mol. The highest BCUT2D eigenvalue weighted by Gasteiger charge is 2.34. The first-order valence-corrected chi connectivity index (χ1v) is 12.9. The van der Waals surface area contributed by atoms with Crippen LogP contribution in [0, 0.1) is 11.7 Å². The van der Waals surface area contributed by atoms with Crippen molar-refractivity contribution in [1.82, 2.24) is 4.31 Å². The fourth-order valence-corrected chi connectivity index (χ4v) is 6.10. The van der Waals surface area contributed by atoms with Crippen LogP contribution in [0.1, 0.15) is 17.7 Å². The second kappa shape index (κ2) is 10.0. The number of rotatable bonds is 7. The number of sulfonamides is 1. The van der Waals surface area contributed by atoms with E-state index in [4.69, 9.17) is 4.74 Å².